The van der Waals surface area contributed by atoms with Crippen molar-refractivity contribution in [3.8, 4) is 5.75 Å². The summed E-state index contributed by atoms with van der Waals surface area (Å²) in [5, 5.41) is 13.8. The number of non-ortho nitro benzene ring substituents is 1. The lowest BCUT2D eigenvalue weighted by molar-refractivity contribution is -0.385. The van der Waals surface area contributed by atoms with E-state index in [9.17, 15) is 14.5 Å². The largest absolute Gasteiger partial charge is 0.493 e. The molecule has 0 aromatic heterocycles. The van der Waals surface area contributed by atoms with Crippen LogP contribution in [0, 0.1) is 21.8 Å². The summed E-state index contributed by atoms with van der Waals surface area (Å²) in [6, 6.07) is 3.32. The van der Waals surface area contributed by atoms with Crippen molar-refractivity contribution in [1.29, 1.82) is 0 Å². The highest BCUT2D eigenvalue weighted by Crippen LogP contribution is 2.23. The number of nitro benzene ring substituents is 1. The molecule has 5 nitrogen and oxygen atoms in total. The fourth-order valence-corrected chi connectivity index (χ4v) is 2.00. The van der Waals surface area contributed by atoms with E-state index in [1.54, 1.807) is 0 Å². The Morgan fingerprint density at radius 1 is 1.39 bits per heavy atom. The number of nitrogens with one attached hydrogen (secondary N) is 1. The van der Waals surface area contributed by atoms with E-state index in [2.05, 4.69) is 5.32 Å². The summed E-state index contributed by atoms with van der Waals surface area (Å²) in [4.78, 5) is 9.96. The van der Waals surface area contributed by atoms with Gasteiger partial charge in [-0.1, -0.05) is 0 Å². The predicted octanol–water partition coefficient (Wildman–Crippen LogP) is 2.11. The molecule has 6 heteroatoms. The SMILES string of the molecule is O=[N+]([O-])c1cc(F)cc(OCC2CCNCC2)c1. The minimum Gasteiger partial charge on any atom is -0.493 e. The highest BCUT2D eigenvalue weighted by Gasteiger charge is 2.15. The summed E-state index contributed by atoms with van der Waals surface area (Å²) in [7, 11) is 0. The van der Waals surface area contributed by atoms with Gasteiger partial charge in [0.2, 0.25) is 0 Å². The molecule has 0 bridgehead atoms. The number of nitrogens with zero attached hydrogens (tertiary/aromatic N) is 1. The Balaban J connectivity index is 1.97. The van der Waals surface area contributed by atoms with Gasteiger partial charge >= 0.3 is 0 Å². The van der Waals surface area contributed by atoms with Gasteiger partial charge in [-0.3, -0.25) is 10.1 Å². The van der Waals surface area contributed by atoms with Crippen LogP contribution < -0.4 is 10.1 Å². The Hall–Kier alpha value is -1.69. The molecule has 0 spiro atoms. The number of halogens is 1. The van der Waals surface area contributed by atoms with Crippen LogP contribution in [0.15, 0.2) is 18.2 Å². The molecule has 0 aliphatic carbocycles. The van der Waals surface area contributed by atoms with Gasteiger partial charge in [0.15, 0.2) is 0 Å². The van der Waals surface area contributed by atoms with E-state index in [-0.39, 0.29) is 11.4 Å². The molecule has 1 aromatic carbocycles. The Morgan fingerprint density at radius 2 is 2.11 bits per heavy atom. The summed E-state index contributed by atoms with van der Waals surface area (Å²) in [6.07, 6.45) is 2.02. The van der Waals surface area contributed by atoms with E-state index in [1.807, 2.05) is 0 Å². The maximum atomic E-state index is 13.2. The Bertz CT molecular complexity index is 433. The summed E-state index contributed by atoms with van der Waals surface area (Å²) >= 11 is 0. The van der Waals surface area contributed by atoms with Gasteiger partial charge in [-0.15, -0.1) is 0 Å². The molecular weight excluding hydrogens is 239 g/mol. The van der Waals surface area contributed by atoms with E-state index in [0.29, 0.717) is 12.5 Å². The molecule has 1 fully saturated rings. The summed E-state index contributed by atoms with van der Waals surface area (Å²) in [6.45, 7) is 2.39. The normalized spacial score (nSPS) is 16.5. The summed E-state index contributed by atoms with van der Waals surface area (Å²) in [5.41, 5.74) is -0.282. The first-order chi connectivity index (χ1) is 8.65. The quantitative estimate of drug-likeness (QED) is 0.660. The third-order valence-electron chi connectivity index (χ3n) is 3.01. The number of piperidine rings is 1. The zero-order valence-corrected chi connectivity index (χ0v) is 9.89. The monoisotopic (exact) mass is 254 g/mol. The third kappa shape index (κ3) is 3.40. The van der Waals surface area contributed by atoms with E-state index in [0.717, 1.165) is 32.0 Å². The van der Waals surface area contributed by atoms with Crippen LogP contribution in [0.25, 0.3) is 0 Å². The molecule has 1 aliphatic heterocycles. The number of nitro groups is 1. The van der Waals surface area contributed by atoms with Crippen LogP contribution in [0.1, 0.15) is 12.8 Å². The van der Waals surface area contributed by atoms with Crippen molar-refractivity contribution in [1.82, 2.24) is 5.32 Å². The first-order valence-corrected chi connectivity index (χ1v) is 5.93. The number of hydrogen-bond donors (Lipinski definition) is 1. The molecule has 0 unspecified atom stereocenters. The molecule has 1 heterocycles. The first kappa shape index (κ1) is 12.8. The Kier molecular flexibility index (Phi) is 4.09. The smallest absolute Gasteiger partial charge is 0.276 e. The molecular formula is C12H15FN2O3. The van der Waals surface area contributed by atoms with Gasteiger partial charge in [-0.05, 0) is 31.8 Å². The third-order valence-corrected chi connectivity index (χ3v) is 3.01. The van der Waals surface area contributed by atoms with Gasteiger partial charge in [-0.25, -0.2) is 4.39 Å². The van der Waals surface area contributed by atoms with Crippen LogP contribution in [0.4, 0.5) is 10.1 Å². The van der Waals surface area contributed by atoms with E-state index in [1.165, 1.54) is 12.1 Å². The zero-order valence-electron chi connectivity index (χ0n) is 9.89. The van der Waals surface area contributed by atoms with Crippen LogP contribution in [0.2, 0.25) is 0 Å². The zero-order chi connectivity index (χ0) is 13.0. The minimum absolute atomic E-state index is 0.222. The second-order valence-corrected chi connectivity index (χ2v) is 4.41. The van der Waals surface area contributed by atoms with Crippen molar-refractivity contribution < 1.29 is 14.1 Å². The second-order valence-electron chi connectivity index (χ2n) is 4.41. The second kappa shape index (κ2) is 5.77. The standard InChI is InChI=1S/C12H15FN2O3/c13-10-5-11(15(16)17)7-12(6-10)18-8-9-1-3-14-4-2-9/h5-7,9,14H,1-4,8H2. The topological polar surface area (TPSA) is 64.4 Å². The number of rotatable bonds is 4. The minimum atomic E-state index is -0.649. The number of benzene rings is 1. The van der Waals surface area contributed by atoms with Crippen LogP contribution in [-0.4, -0.2) is 24.6 Å². The van der Waals surface area contributed by atoms with Crippen molar-refractivity contribution in [3.63, 3.8) is 0 Å². The molecule has 1 aliphatic rings. The van der Waals surface area contributed by atoms with Crippen molar-refractivity contribution in [2.24, 2.45) is 5.92 Å². The fourth-order valence-electron chi connectivity index (χ4n) is 2.00. The van der Waals surface area contributed by atoms with Gasteiger partial charge in [0.1, 0.15) is 11.6 Å². The van der Waals surface area contributed by atoms with Gasteiger partial charge in [0.05, 0.1) is 23.7 Å². The highest BCUT2D eigenvalue weighted by molar-refractivity contribution is 5.38. The fraction of sp³-hybridized carbons (Fsp3) is 0.500. The maximum Gasteiger partial charge on any atom is 0.276 e. The molecule has 0 saturated carbocycles. The molecule has 1 saturated heterocycles. The lowest BCUT2D eigenvalue weighted by atomic mass is 9.99. The first-order valence-electron chi connectivity index (χ1n) is 5.93. The van der Waals surface area contributed by atoms with Gasteiger partial charge in [-0.2, -0.15) is 0 Å². The van der Waals surface area contributed by atoms with Crippen LogP contribution in [-0.2, 0) is 0 Å². The lowest BCUT2D eigenvalue weighted by Gasteiger charge is -2.22. The van der Waals surface area contributed by atoms with Crippen molar-refractivity contribution in [2.75, 3.05) is 19.7 Å². The Morgan fingerprint density at radius 3 is 2.78 bits per heavy atom. The van der Waals surface area contributed by atoms with Crippen LogP contribution in [0.5, 0.6) is 5.75 Å². The molecule has 18 heavy (non-hydrogen) atoms. The predicted molar refractivity (Wildman–Crippen MR) is 64.1 cm³/mol. The molecule has 1 N–H and O–H groups in total. The molecule has 1 aromatic rings. The van der Waals surface area contributed by atoms with Crippen molar-refractivity contribution in [2.45, 2.75) is 12.8 Å². The van der Waals surface area contributed by atoms with Crippen molar-refractivity contribution >= 4 is 5.69 Å². The van der Waals surface area contributed by atoms with Gasteiger partial charge in [0.25, 0.3) is 5.69 Å². The maximum absolute atomic E-state index is 13.2. The van der Waals surface area contributed by atoms with Gasteiger partial charge in [0, 0.05) is 6.07 Å². The summed E-state index contributed by atoms with van der Waals surface area (Å²) in [5.74, 6) is -0.00156. The van der Waals surface area contributed by atoms with Gasteiger partial charge < -0.3 is 10.1 Å². The highest BCUT2D eigenvalue weighted by atomic mass is 19.1. The molecule has 98 valence electrons. The van der Waals surface area contributed by atoms with E-state index in [4.69, 9.17) is 4.74 Å². The molecule has 2 rings (SSSR count). The molecule has 0 atom stereocenters. The summed E-state index contributed by atoms with van der Waals surface area (Å²) < 4.78 is 18.6. The van der Waals surface area contributed by atoms with Crippen molar-refractivity contribution in [3.05, 3.63) is 34.1 Å². The van der Waals surface area contributed by atoms with E-state index < -0.39 is 10.7 Å². The molecule has 0 radical (unpaired) electrons. The number of ether oxygens (including phenoxy) is 1. The average Bonchev–Trinajstić information content (AvgIpc) is 2.37. The van der Waals surface area contributed by atoms with Crippen LogP contribution >= 0.6 is 0 Å². The average molecular weight is 254 g/mol. The lowest BCUT2D eigenvalue weighted by Crippen LogP contribution is -2.30. The van der Waals surface area contributed by atoms with E-state index >= 15 is 0 Å². The number of hydrogen-bond acceptors (Lipinski definition) is 4. The van der Waals surface area contributed by atoms with Crippen LogP contribution in [0.3, 0.4) is 0 Å². The Labute approximate surface area is 104 Å². The molecule has 0 amide bonds.